The molecule has 184 valence electrons. The summed E-state index contributed by atoms with van der Waals surface area (Å²) in [4.78, 5) is 23.9. The van der Waals surface area contributed by atoms with E-state index in [0.29, 0.717) is 34.5 Å². The van der Waals surface area contributed by atoms with Crippen LogP contribution in [0.25, 0.3) is 0 Å². The predicted octanol–water partition coefficient (Wildman–Crippen LogP) is 7.75. The van der Waals surface area contributed by atoms with E-state index in [4.69, 9.17) is 5.11 Å². The van der Waals surface area contributed by atoms with E-state index in [1.165, 1.54) is 38.5 Å². The molecule has 2 fully saturated rings. The van der Waals surface area contributed by atoms with Crippen LogP contribution in [0.4, 0.5) is 0 Å². The van der Waals surface area contributed by atoms with E-state index in [1.54, 1.807) is 18.1 Å². The number of carboxylic acid groups (broad SMARTS) is 1. The van der Waals surface area contributed by atoms with Crippen molar-refractivity contribution in [3.8, 4) is 0 Å². The van der Waals surface area contributed by atoms with Crippen molar-refractivity contribution in [2.45, 2.75) is 113 Å². The van der Waals surface area contributed by atoms with Crippen molar-refractivity contribution in [2.75, 3.05) is 0 Å². The number of ketones is 1. The fourth-order valence-electron chi connectivity index (χ4n) is 9.29. The lowest BCUT2D eigenvalue weighted by Gasteiger charge is -2.61. The molecule has 1 unspecified atom stereocenters. The van der Waals surface area contributed by atoms with Crippen molar-refractivity contribution >= 4 is 11.8 Å². The second-order valence-electron chi connectivity index (χ2n) is 13.3. The maximum Gasteiger partial charge on any atom is 0.330 e. The number of carboxylic acids is 1. The first-order valence-electron chi connectivity index (χ1n) is 13.5. The van der Waals surface area contributed by atoms with Crippen LogP contribution < -0.4 is 0 Å². The van der Waals surface area contributed by atoms with Crippen LogP contribution >= 0.6 is 0 Å². The third-order valence-electron chi connectivity index (χ3n) is 11.7. The Labute approximate surface area is 201 Å². The Balaban J connectivity index is 1.61. The molecule has 0 saturated heterocycles. The molecule has 0 amide bonds. The summed E-state index contributed by atoms with van der Waals surface area (Å²) in [5, 5.41) is 9.16. The summed E-state index contributed by atoms with van der Waals surface area (Å²) in [6.07, 6.45) is 13.0. The lowest BCUT2D eigenvalue weighted by atomic mass is 9.43. The molecule has 0 aromatic rings. The summed E-state index contributed by atoms with van der Waals surface area (Å²) in [5.41, 5.74) is 4.58. The van der Waals surface area contributed by atoms with Crippen molar-refractivity contribution < 1.29 is 14.7 Å². The summed E-state index contributed by atoms with van der Waals surface area (Å²) in [5.74, 6) is 1.47. The lowest BCUT2D eigenvalue weighted by molar-refractivity contribution is -0.139. The third-order valence-corrected chi connectivity index (χ3v) is 11.7. The molecule has 0 heterocycles. The van der Waals surface area contributed by atoms with Gasteiger partial charge >= 0.3 is 5.97 Å². The Morgan fingerprint density at radius 1 is 1.03 bits per heavy atom. The SMILES string of the molecule is C/C(=C/CCC(C)[C@H]1CC[C@@]2(C)C3=C(CC[C@]12C)[C@@]1(C)CCC(=O)C(C)(C)[C@@H]1CC3)C(=O)O. The number of carbonyl (C=O) groups excluding carboxylic acids is 1. The van der Waals surface area contributed by atoms with Crippen LogP contribution in [-0.4, -0.2) is 16.9 Å². The summed E-state index contributed by atoms with van der Waals surface area (Å²) in [6.45, 7) is 16.2. The van der Waals surface area contributed by atoms with Gasteiger partial charge in [0.2, 0.25) is 0 Å². The highest BCUT2D eigenvalue weighted by Gasteiger charge is 2.63. The van der Waals surface area contributed by atoms with Gasteiger partial charge in [0.05, 0.1) is 0 Å². The highest BCUT2D eigenvalue weighted by atomic mass is 16.4. The maximum atomic E-state index is 12.8. The summed E-state index contributed by atoms with van der Waals surface area (Å²) in [7, 11) is 0. The number of hydrogen-bond acceptors (Lipinski definition) is 2. The number of aliphatic carboxylic acids is 1. The number of carbonyl (C=O) groups is 2. The van der Waals surface area contributed by atoms with Crippen LogP contribution in [-0.2, 0) is 9.59 Å². The second-order valence-corrected chi connectivity index (χ2v) is 13.3. The summed E-state index contributed by atoms with van der Waals surface area (Å²) >= 11 is 0. The van der Waals surface area contributed by atoms with Crippen LogP contribution in [0.3, 0.4) is 0 Å². The van der Waals surface area contributed by atoms with Gasteiger partial charge in [-0.3, -0.25) is 4.79 Å². The topological polar surface area (TPSA) is 54.4 Å². The van der Waals surface area contributed by atoms with E-state index in [2.05, 4.69) is 41.5 Å². The fourth-order valence-corrected chi connectivity index (χ4v) is 9.29. The first kappa shape index (κ1) is 24.7. The number of hydrogen-bond donors (Lipinski definition) is 1. The highest BCUT2D eigenvalue weighted by molar-refractivity contribution is 5.86. The van der Waals surface area contributed by atoms with Crippen LogP contribution in [0.15, 0.2) is 22.8 Å². The quantitative estimate of drug-likeness (QED) is 0.341. The van der Waals surface area contributed by atoms with Gasteiger partial charge in [-0.2, -0.15) is 0 Å². The standard InChI is InChI=1S/C30H46O3/c1-19(9-8-10-20(2)26(32)33)21-13-17-30(7)23-11-12-24-27(3,4)25(31)15-16-28(24,5)22(23)14-18-29(21,30)6/h10,19,21,24H,8-9,11-18H2,1-7H3,(H,32,33)/b20-10-/t19?,21-,24+,28-,29-,30+/m1/s1. The van der Waals surface area contributed by atoms with Gasteiger partial charge in [0, 0.05) is 17.4 Å². The molecule has 0 aliphatic heterocycles. The minimum Gasteiger partial charge on any atom is -0.478 e. The summed E-state index contributed by atoms with van der Waals surface area (Å²) in [6, 6.07) is 0. The Morgan fingerprint density at radius 2 is 1.73 bits per heavy atom. The number of allylic oxidation sites excluding steroid dienone is 3. The molecule has 6 atom stereocenters. The van der Waals surface area contributed by atoms with E-state index in [1.807, 2.05) is 6.08 Å². The third kappa shape index (κ3) is 3.50. The molecule has 4 aliphatic carbocycles. The minimum atomic E-state index is -0.800. The minimum absolute atomic E-state index is 0.193. The molecule has 2 saturated carbocycles. The molecular weight excluding hydrogens is 408 g/mol. The predicted molar refractivity (Wildman–Crippen MR) is 134 cm³/mol. The lowest BCUT2D eigenvalue weighted by Crippen LogP contribution is -2.53. The average molecular weight is 455 g/mol. The Morgan fingerprint density at radius 3 is 2.39 bits per heavy atom. The molecule has 0 aromatic heterocycles. The number of Topliss-reactive ketones (excluding diaryl/α,β-unsaturated/α-hetero) is 1. The fraction of sp³-hybridized carbons (Fsp3) is 0.800. The van der Waals surface area contributed by atoms with Gasteiger partial charge in [-0.05, 0) is 98.7 Å². The van der Waals surface area contributed by atoms with Crippen molar-refractivity contribution in [3.05, 3.63) is 22.8 Å². The largest absolute Gasteiger partial charge is 0.478 e. The molecule has 0 radical (unpaired) electrons. The Hall–Kier alpha value is -1.38. The highest BCUT2D eigenvalue weighted by Crippen LogP contribution is 2.72. The van der Waals surface area contributed by atoms with Gasteiger partial charge in [-0.15, -0.1) is 0 Å². The average Bonchev–Trinajstić information content (AvgIpc) is 3.02. The van der Waals surface area contributed by atoms with Crippen LogP contribution in [0, 0.1) is 39.4 Å². The van der Waals surface area contributed by atoms with Crippen molar-refractivity contribution in [1.29, 1.82) is 0 Å². The monoisotopic (exact) mass is 454 g/mol. The van der Waals surface area contributed by atoms with Crippen molar-refractivity contribution in [2.24, 2.45) is 39.4 Å². The normalized spacial score (nSPS) is 41.3. The molecule has 0 bridgehead atoms. The zero-order chi connectivity index (χ0) is 24.4. The molecule has 33 heavy (non-hydrogen) atoms. The van der Waals surface area contributed by atoms with Crippen LogP contribution in [0.1, 0.15) is 113 Å². The van der Waals surface area contributed by atoms with Gasteiger partial charge < -0.3 is 5.11 Å². The van der Waals surface area contributed by atoms with Gasteiger partial charge in [-0.25, -0.2) is 4.79 Å². The summed E-state index contributed by atoms with van der Waals surface area (Å²) < 4.78 is 0. The molecule has 0 spiro atoms. The van der Waals surface area contributed by atoms with Crippen molar-refractivity contribution in [3.63, 3.8) is 0 Å². The van der Waals surface area contributed by atoms with Crippen LogP contribution in [0.5, 0.6) is 0 Å². The zero-order valence-corrected chi connectivity index (χ0v) is 22.1. The van der Waals surface area contributed by atoms with Gasteiger partial charge in [0.15, 0.2) is 0 Å². The number of rotatable bonds is 5. The zero-order valence-electron chi connectivity index (χ0n) is 22.1. The van der Waals surface area contributed by atoms with E-state index < -0.39 is 5.97 Å². The second kappa shape index (κ2) is 8.09. The molecular formula is C30H46O3. The van der Waals surface area contributed by atoms with Crippen LogP contribution in [0.2, 0.25) is 0 Å². The van der Waals surface area contributed by atoms with E-state index >= 15 is 0 Å². The molecule has 1 N–H and O–H groups in total. The Bertz CT molecular complexity index is 908. The van der Waals surface area contributed by atoms with E-state index in [-0.39, 0.29) is 16.2 Å². The first-order valence-corrected chi connectivity index (χ1v) is 13.5. The molecule has 3 heteroatoms. The molecule has 0 aromatic carbocycles. The van der Waals surface area contributed by atoms with E-state index in [0.717, 1.165) is 25.7 Å². The van der Waals surface area contributed by atoms with Gasteiger partial charge in [0.25, 0.3) is 0 Å². The molecule has 4 aliphatic rings. The van der Waals surface area contributed by atoms with Gasteiger partial charge in [-0.1, -0.05) is 58.8 Å². The molecule has 3 nitrogen and oxygen atoms in total. The number of fused-ring (bicyclic) bond motifs is 4. The maximum absolute atomic E-state index is 12.8. The Kier molecular flexibility index (Phi) is 6.07. The van der Waals surface area contributed by atoms with Crippen molar-refractivity contribution in [1.82, 2.24) is 0 Å². The molecule has 4 rings (SSSR count). The van der Waals surface area contributed by atoms with E-state index in [9.17, 15) is 9.59 Å². The van der Waals surface area contributed by atoms with Gasteiger partial charge in [0.1, 0.15) is 5.78 Å². The first-order chi connectivity index (χ1) is 15.3. The smallest absolute Gasteiger partial charge is 0.330 e.